The maximum Gasteiger partial charge on any atom is 0.222 e. The van der Waals surface area contributed by atoms with Gasteiger partial charge in [0, 0.05) is 20.5 Å². The van der Waals surface area contributed by atoms with Crippen LogP contribution in [-0.4, -0.2) is 36.1 Å². The highest BCUT2D eigenvalue weighted by Crippen LogP contribution is 2.08. The van der Waals surface area contributed by atoms with Gasteiger partial charge in [0.25, 0.3) is 0 Å². The maximum atomic E-state index is 11.2. The van der Waals surface area contributed by atoms with Crippen LogP contribution >= 0.6 is 0 Å². The number of carbonyl (C=O) groups is 1. The van der Waals surface area contributed by atoms with Crippen LogP contribution in [0.25, 0.3) is 0 Å². The summed E-state index contributed by atoms with van der Waals surface area (Å²) in [6.07, 6.45) is 6.00. The van der Waals surface area contributed by atoms with Gasteiger partial charge in [-0.3, -0.25) is 4.79 Å². The molecule has 2 unspecified atom stereocenters. The average Bonchev–Trinajstić information content (AvgIpc) is 2.16. The van der Waals surface area contributed by atoms with Gasteiger partial charge >= 0.3 is 0 Å². The summed E-state index contributed by atoms with van der Waals surface area (Å²) in [5.74, 6) is 0.439. The first-order chi connectivity index (χ1) is 6.95. The van der Waals surface area contributed by atoms with E-state index in [-0.39, 0.29) is 17.9 Å². The Morgan fingerprint density at radius 2 is 1.93 bits per heavy atom. The van der Waals surface area contributed by atoms with Gasteiger partial charge in [-0.25, -0.2) is 0 Å². The van der Waals surface area contributed by atoms with Gasteiger partial charge in [0.2, 0.25) is 5.91 Å². The van der Waals surface area contributed by atoms with E-state index in [1.807, 2.05) is 19.1 Å². The molecule has 0 heterocycles. The Balaban J connectivity index is 3.60. The highest BCUT2D eigenvalue weighted by atomic mass is 16.3. The zero-order valence-corrected chi connectivity index (χ0v) is 10.2. The van der Waals surface area contributed by atoms with Crippen molar-refractivity contribution in [3.05, 3.63) is 12.2 Å². The van der Waals surface area contributed by atoms with Crippen molar-refractivity contribution in [2.45, 2.75) is 39.2 Å². The summed E-state index contributed by atoms with van der Waals surface area (Å²) in [7, 11) is 3.53. The van der Waals surface area contributed by atoms with Crippen molar-refractivity contribution in [1.29, 1.82) is 0 Å². The summed E-state index contributed by atoms with van der Waals surface area (Å²) in [6.45, 7) is 3.81. The first-order valence-electron chi connectivity index (χ1n) is 5.48. The Bertz CT molecular complexity index is 210. The molecular formula is C12H23NO2. The predicted octanol–water partition coefficient (Wildman–Crippen LogP) is 1.82. The average molecular weight is 213 g/mol. The second-order valence-corrected chi connectivity index (χ2v) is 4.25. The lowest BCUT2D eigenvalue weighted by atomic mass is 10.0. The molecular weight excluding hydrogens is 190 g/mol. The van der Waals surface area contributed by atoms with Crippen LogP contribution < -0.4 is 0 Å². The molecule has 0 aliphatic carbocycles. The number of rotatable bonds is 6. The SMILES string of the molecule is CC(O)C(C)C/C=C/CCC(=O)N(C)C. The fourth-order valence-corrected chi connectivity index (χ4v) is 1.06. The van der Waals surface area contributed by atoms with Gasteiger partial charge < -0.3 is 10.0 Å². The number of allylic oxidation sites excluding steroid dienone is 2. The number of hydrogen-bond acceptors (Lipinski definition) is 2. The van der Waals surface area contributed by atoms with E-state index in [1.54, 1.807) is 25.9 Å². The minimum absolute atomic E-state index is 0.156. The fourth-order valence-electron chi connectivity index (χ4n) is 1.06. The topological polar surface area (TPSA) is 40.5 Å². The summed E-state index contributed by atoms with van der Waals surface area (Å²) >= 11 is 0. The number of carbonyl (C=O) groups excluding carboxylic acids is 1. The molecule has 0 saturated heterocycles. The smallest absolute Gasteiger partial charge is 0.222 e. The summed E-state index contributed by atoms with van der Waals surface area (Å²) < 4.78 is 0. The molecule has 0 aliphatic heterocycles. The third-order valence-electron chi connectivity index (χ3n) is 2.52. The van der Waals surface area contributed by atoms with Crippen LogP contribution in [0.1, 0.15) is 33.1 Å². The van der Waals surface area contributed by atoms with Gasteiger partial charge in [-0.2, -0.15) is 0 Å². The summed E-state index contributed by atoms with van der Waals surface area (Å²) in [4.78, 5) is 12.8. The Hall–Kier alpha value is -0.830. The van der Waals surface area contributed by atoms with Crippen LogP contribution in [0.5, 0.6) is 0 Å². The van der Waals surface area contributed by atoms with Crippen LogP contribution in [0.3, 0.4) is 0 Å². The highest BCUT2D eigenvalue weighted by molar-refractivity contribution is 5.75. The molecule has 0 saturated carbocycles. The minimum atomic E-state index is -0.266. The van der Waals surface area contributed by atoms with E-state index in [0.29, 0.717) is 6.42 Å². The maximum absolute atomic E-state index is 11.2. The van der Waals surface area contributed by atoms with E-state index >= 15 is 0 Å². The van der Waals surface area contributed by atoms with Crippen molar-refractivity contribution in [3.63, 3.8) is 0 Å². The van der Waals surface area contributed by atoms with E-state index < -0.39 is 0 Å². The number of aliphatic hydroxyl groups is 1. The molecule has 1 amide bonds. The number of amides is 1. The molecule has 0 fully saturated rings. The second kappa shape index (κ2) is 7.46. The Kier molecular flexibility index (Phi) is 7.05. The molecule has 0 aromatic rings. The van der Waals surface area contributed by atoms with Gasteiger partial charge in [-0.15, -0.1) is 0 Å². The Labute approximate surface area is 92.8 Å². The van der Waals surface area contributed by atoms with Gasteiger partial charge in [-0.05, 0) is 25.7 Å². The van der Waals surface area contributed by atoms with Crippen molar-refractivity contribution in [1.82, 2.24) is 4.90 Å². The first kappa shape index (κ1) is 14.2. The quantitative estimate of drug-likeness (QED) is 0.684. The number of aliphatic hydroxyl groups excluding tert-OH is 1. The number of nitrogens with zero attached hydrogens (tertiary/aromatic N) is 1. The molecule has 3 heteroatoms. The normalized spacial score (nSPS) is 15.3. The van der Waals surface area contributed by atoms with Crippen LogP contribution in [-0.2, 0) is 4.79 Å². The molecule has 0 aliphatic rings. The Morgan fingerprint density at radius 3 is 2.40 bits per heavy atom. The standard InChI is InChI=1S/C12H23NO2/c1-10(11(2)14)8-6-5-7-9-12(15)13(3)4/h5-6,10-11,14H,7-9H2,1-4H3/b6-5+. The zero-order valence-electron chi connectivity index (χ0n) is 10.2. The van der Waals surface area contributed by atoms with Gasteiger partial charge in [0.1, 0.15) is 0 Å². The van der Waals surface area contributed by atoms with Crippen LogP contribution in [0.15, 0.2) is 12.2 Å². The molecule has 88 valence electrons. The van der Waals surface area contributed by atoms with Crippen molar-refractivity contribution in [2.75, 3.05) is 14.1 Å². The van der Waals surface area contributed by atoms with Gasteiger partial charge in [0.15, 0.2) is 0 Å². The molecule has 0 aromatic heterocycles. The van der Waals surface area contributed by atoms with Crippen molar-refractivity contribution in [3.8, 4) is 0 Å². The monoisotopic (exact) mass is 213 g/mol. The lowest BCUT2D eigenvalue weighted by molar-refractivity contribution is -0.128. The zero-order chi connectivity index (χ0) is 11.8. The minimum Gasteiger partial charge on any atom is -0.393 e. The molecule has 0 spiro atoms. The van der Waals surface area contributed by atoms with E-state index in [0.717, 1.165) is 12.8 Å². The van der Waals surface area contributed by atoms with Crippen LogP contribution in [0.2, 0.25) is 0 Å². The molecule has 0 radical (unpaired) electrons. The molecule has 15 heavy (non-hydrogen) atoms. The van der Waals surface area contributed by atoms with E-state index in [4.69, 9.17) is 0 Å². The van der Waals surface area contributed by atoms with E-state index in [1.165, 1.54) is 0 Å². The van der Waals surface area contributed by atoms with Crippen molar-refractivity contribution in [2.24, 2.45) is 5.92 Å². The van der Waals surface area contributed by atoms with Crippen LogP contribution in [0, 0.1) is 5.92 Å². The van der Waals surface area contributed by atoms with Gasteiger partial charge in [0.05, 0.1) is 6.10 Å². The summed E-state index contributed by atoms with van der Waals surface area (Å²) in [5, 5.41) is 9.24. The third-order valence-corrected chi connectivity index (χ3v) is 2.52. The van der Waals surface area contributed by atoms with E-state index in [9.17, 15) is 9.90 Å². The Morgan fingerprint density at radius 1 is 1.33 bits per heavy atom. The second-order valence-electron chi connectivity index (χ2n) is 4.25. The molecule has 0 rings (SSSR count). The lowest BCUT2D eigenvalue weighted by Gasteiger charge is -2.11. The summed E-state index contributed by atoms with van der Waals surface area (Å²) in [5.41, 5.74) is 0. The van der Waals surface area contributed by atoms with Crippen molar-refractivity contribution >= 4 is 5.91 Å². The third kappa shape index (κ3) is 7.14. The first-order valence-corrected chi connectivity index (χ1v) is 5.48. The molecule has 0 bridgehead atoms. The molecule has 0 aromatic carbocycles. The highest BCUT2D eigenvalue weighted by Gasteiger charge is 2.05. The lowest BCUT2D eigenvalue weighted by Crippen LogP contribution is -2.20. The van der Waals surface area contributed by atoms with Crippen LogP contribution in [0.4, 0.5) is 0 Å². The molecule has 2 atom stereocenters. The molecule has 1 N–H and O–H groups in total. The predicted molar refractivity (Wildman–Crippen MR) is 62.5 cm³/mol. The van der Waals surface area contributed by atoms with Gasteiger partial charge in [-0.1, -0.05) is 19.1 Å². The van der Waals surface area contributed by atoms with E-state index in [2.05, 4.69) is 0 Å². The van der Waals surface area contributed by atoms with Crippen molar-refractivity contribution < 1.29 is 9.90 Å². The molecule has 3 nitrogen and oxygen atoms in total. The largest absolute Gasteiger partial charge is 0.393 e. The fraction of sp³-hybridized carbons (Fsp3) is 0.750. The number of hydrogen-bond donors (Lipinski definition) is 1. The summed E-state index contributed by atoms with van der Waals surface area (Å²) in [6, 6.07) is 0.